The molecule has 108 valence electrons. The molecule has 0 spiro atoms. The molecule has 1 aliphatic rings. The Morgan fingerprint density at radius 2 is 2.16 bits per heavy atom. The van der Waals surface area contributed by atoms with Crippen molar-refractivity contribution in [3.05, 3.63) is 5.69 Å². The molecule has 1 aliphatic heterocycles. The van der Waals surface area contributed by atoms with Gasteiger partial charge >= 0.3 is 0 Å². The van der Waals surface area contributed by atoms with Crippen LogP contribution in [0.2, 0.25) is 0 Å². The molecular formula is C14H26N4O. The first-order valence-corrected chi connectivity index (χ1v) is 7.39. The van der Waals surface area contributed by atoms with Crippen LogP contribution in [0.4, 0.5) is 11.5 Å². The molecule has 0 saturated carbocycles. The second-order valence-electron chi connectivity index (χ2n) is 5.42. The van der Waals surface area contributed by atoms with E-state index in [2.05, 4.69) is 16.9 Å². The van der Waals surface area contributed by atoms with Gasteiger partial charge in [0, 0.05) is 13.1 Å². The zero-order valence-electron chi connectivity index (χ0n) is 12.1. The normalized spacial score (nSPS) is 20.6. The molecule has 0 bridgehead atoms. The van der Waals surface area contributed by atoms with Crippen LogP contribution in [0.15, 0.2) is 0 Å². The van der Waals surface area contributed by atoms with E-state index in [9.17, 15) is 5.11 Å². The van der Waals surface area contributed by atoms with Crippen LogP contribution in [-0.4, -0.2) is 34.1 Å². The molecule has 3 N–H and O–H groups in total. The summed E-state index contributed by atoms with van der Waals surface area (Å²) in [7, 11) is 0. The third-order valence-corrected chi connectivity index (χ3v) is 3.94. The zero-order valence-corrected chi connectivity index (χ0v) is 12.1. The molecule has 1 saturated heterocycles. The number of hydrogen-bond donors (Lipinski definition) is 2. The van der Waals surface area contributed by atoms with Crippen LogP contribution in [0.3, 0.4) is 0 Å². The number of rotatable bonds is 4. The molecule has 1 atom stereocenters. The lowest BCUT2D eigenvalue weighted by Crippen LogP contribution is -2.39. The van der Waals surface area contributed by atoms with Crippen LogP contribution in [0.1, 0.15) is 44.7 Å². The van der Waals surface area contributed by atoms with Gasteiger partial charge in [-0.3, -0.25) is 0 Å². The standard InChI is InChI=1S/C14H26N4O/c1-3-8-18-14(13(15)11(2)16-18)17-9-6-4-5-7-12(17)10-19/h12,19H,3-10,15H2,1-2H3. The largest absolute Gasteiger partial charge is 0.394 e. The Hall–Kier alpha value is -1.23. The molecule has 0 radical (unpaired) electrons. The van der Waals surface area contributed by atoms with E-state index < -0.39 is 0 Å². The van der Waals surface area contributed by atoms with Crippen molar-refractivity contribution in [1.82, 2.24) is 9.78 Å². The summed E-state index contributed by atoms with van der Waals surface area (Å²) in [4.78, 5) is 2.28. The van der Waals surface area contributed by atoms with E-state index in [1.54, 1.807) is 0 Å². The minimum atomic E-state index is 0.177. The topological polar surface area (TPSA) is 67.3 Å². The second kappa shape index (κ2) is 6.28. The van der Waals surface area contributed by atoms with Crippen molar-refractivity contribution in [2.75, 3.05) is 23.8 Å². The van der Waals surface area contributed by atoms with E-state index in [0.29, 0.717) is 0 Å². The highest BCUT2D eigenvalue weighted by molar-refractivity contribution is 5.66. The molecule has 2 rings (SSSR count). The quantitative estimate of drug-likeness (QED) is 0.874. The maximum atomic E-state index is 9.65. The Morgan fingerprint density at radius 1 is 1.37 bits per heavy atom. The Kier molecular flexibility index (Phi) is 4.69. The number of aliphatic hydroxyl groups excluding tert-OH is 1. The number of nitrogen functional groups attached to an aromatic ring is 1. The van der Waals surface area contributed by atoms with Crippen molar-refractivity contribution in [1.29, 1.82) is 0 Å². The van der Waals surface area contributed by atoms with Gasteiger partial charge in [-0.05, 0) is 26.2 Å². The van der Waals surface area contributed by atoms with E-state index in [-0.39, 0.29) is 12.6 Å². The Morgan fingerprint density at radius 3 is 2.84 bits per heavy atom. The van der Waals surface area contributed by atoms with E-state index >= 15 is 0 Å². The molecule has 5 nitrogen and oxygen atoms in total. The van der Waals surface area contributed by atoms with Crippen LogP contribution in [0.25, 0.3) is 0 Å². The Bertz CT molecular complexity index is 416. The number of hydrogen-bond acceptors (Lipinski definition) is 4. The smallest absolute Gasteiger partial charge is 0.150 e. The zero-order chi connectivity index (χ0) is 13.8. The predicted octanol–water partition coefficient (Wildman–Crippen LogP) is 1.93. The van der Waals surface area contributed by atoms with Crippen molar-refractivity contribution < 1.29 is 5.11 Å². The first-order valence-electron chi connectivity index (χ1n) is 7.39. The lowest BCUT2D eigenvalue weighted by Gasteiger charge is -2.31. The van der Waals surface area contributed by atoms with Crippen molar-refractivity contribution >= 4 is 11.5 Å². The molecule has 5 heteroatoms. The van der Waals surface area contributed by atoms with Gasteiger partial charge in [0.25, 0.3) is 0 Å². The minimum absolute atomic E-state index is 0.177. The van der Waals surface area contributed by atoms with Gasteiger partial charge in [-0.1, -0.05) is 19.8 Å². The monoisotopic (exact) mass is 266 g/mol. The fourth-order valence-electron chi connectivity index (χ4n) is 2.90. The van der Waals surface area contributed by atoms with Crippen LogP contribution in [-0.2, 0) is 6.54 Å². The van der Waals surface area contributed by atoms with Gasteiger partial charge in [0.15, 0.2) is 5.82 Å². The summed E-state index contributed by atoms with van der Waals surface area (Å²) < 4.78 is 2.01. The fourth-order valence-corrected chi connectivity index (χ4v) is 2.90. The first-order chi connectivity index (χ1) is 9.19. The molecule has 1 fully saturated rings. The number of anilines is 2. The van der Waals surface area contributed by atoms with Gasteiger partial charge in [-0.2, -0.15) is 5.10 Å². The third-order valence-electron chi connectivity index (χ3n) is 3.94. The number of aryl methyl sites for hydroxylation is 2. The molecule has 19 heavy (non-hydrogen) atoms. The van der Waals surface area contributed by atoms with Crippen molar-refractivity contribution in [2.45, 2.75) is 58.5 Å². The van der Waals surface area contributed by atoms with Crippen LogP contribution in [0, 0.1) is 6.92 Å². The van der Waals surface area contributed by atoms with Crippen molar-refractivity contribution in [2.24, 2.45) is 0 Å². The van der Waals surface area contributed by atoms with Crippen molar-refractivity contribution in [3.63, 3.8) is 0 Å². The van der Waals surface area contributed by atoms with E-state index in [1.807, 2.05) is 11.6 Å². The first kappa shape index (κ1) is 14.2. The summed E-state index contributed by atoms with van der Waals surface area (Å²) in [6.07, 6.45) is 5.64. The second-order valence-corrected chi connectivity index (χ2v) is 5.42. The molecule has 1 unspecified atom stereocenters. The number of aliphatic hydroxyl groups is 1. The van der Waals surface area contributed by atoms with Gasteiger partial charge in [0.05, 0.1) is 24.0 Å². The fraction of sp³-hybridized carbons (Fsp3) is 0.786. The molecule has 2 heterocycles. The molecule has 1 aromatic rings. The van der Waals surface area contributed by atoms with Crippen LogP contribution in [0.5, 0.6) is 0 Å². The van der Waals surface area contributed by atoms with Gasteiger partial charge in [-0.15, -0.1) is 0 Å². The van der Waals surface area contributed by atoms with E-state index in [1.165, 1.54) is 12.8 Å². The predicted molar refractivity (Wildman–Crippen MR) is 78.4 cm³/mol. The molecular weight excluding hydrogens is 240 g/mol. The molecule has 1 aromatic heterocycles. The maximum Gasteiger partial charge on any atom is 0.150 e. The minimum Gasteiger partial charge on any atom is -0.394 e. The highest BCUT2D eigenvalue weighted by Crippen LogP contribution is 2.31. The average molecular weight is 266 g/mol. The highest BCUT2D eigenvalue weighted by Gasteiger charge is 2.26. The average Bonchev–Trinajstić information content (AvgIpc) is 2.59. The van der Waals surface area contributed by atoms with Gasteiger partial charge in [0.1, 0.15) is 0 Å². The van der Waals surface area contributed by atoms with E-state index in [0.717, 1.165) is 49.6 Å². The number of nitrogens with two attached hydrogens (primary N) is 1. The lowest BCUT2D eigenvalue weighted by atomic mass is 10.1. The number of aromatic nitrogens is 2. The van der Waals surface area contributed by atoms with Gasteiger partial charge < -0.3 is 15.7 Å². The number of nitrogens with zero attached hydrogens (tertiary/aromatic N) is 3. The Labute approximate surface area is 115 Å². The van der Waals surface area contributed by atoms with Gasteiger partial charge in [0.2, 0.25) is 0 Å². The lowest BCUT2D eigenvalue weighted by molar-refractivity contribution is 0.254. The van der Waals surface area contributed by atoms with Gasteiger partial charge in [-0.25, -0.2) is 4.68 Å². The highest BCUT2D eigenvalue weighted by atomic mass is 16.3. The summed E-state index contributed by atoms with van der Waals surface area (Å²) in [5.74, 6) is 1.01. The summed E-state index contributed by atoms with van der Waals surface area (Å²) in [6, 6.07) is 0.177. The summed E-state index contributed by atoms with van der Waals surface area (Å²) >= 11 is 0. The summed E-state index contributed by atoms with van der Waals surface area (Å²) in [5.41, 5.74) is 7.89. The third kappa shape index (κ3) is 2.86. The summed E-state index contributed by atoms with van der Waals surface area (Å²) in [6.45, 7) is 6.13. The molecule has 0 aromatic carbocycles. The Balaban J connectivity index is 2.36. The SMILES string of the molecule is CCCn1nc(C)c(N)c1N1CCCCCC1CO. The molecule has 0 aliphatic carbocycles. The van der Waals surface area contributed by atoms with Crippen molar-refractivity contribution in [3.8, 4) is 0 Å². The molecule has 0 amide bonds. The van der Waals surface area contributed by atoms with Crippen LogP contribution < -0.4 is 10.6 Å². The van der Waals surface area contributed by atoms with Crippen LogP contribution >= 0.6 is 0 Å². The van der Waals surface area contributed by atoms with E-state index in [4.69, 9.17) is 5.73 Å². The summed E-state index contributed by atoms with van der Waals surface area (Å²) in [5, 5.41) is 14.2. The maximum absolute atomic E-state index is 9.65.